The molecule has 1 unspecified atom stereocenters. The molecule has 0 aromatic heterocycles. The molecule has 1 heterocycles. The van der Waals surface area contributed by atoms with E-state index in [1.807, 2.05) is 0 Å². The van der Waals surface area contributed by atoms with Gasteiger partial charge in [-0.2, -0.15) is 11.8 Å². The number of nitrogens with one attached hydrogen (secondary N) is 1. The minimum atomic E-state index is 0. The van der Waals surface area contributed by atoms with Crippen LogP contribution in [0.2, 0.25) is 0 Å². The lowest BCUT2D eigenvalue weighted by Gasteiger charge is -2.36. The van der Waals surface area contributed by atoms with Crippen LogP contribution < -0.4 is 5.32 Å². The minimum absolute atomic E-state index is 0. The van der Waals surface area contributed by atoms with Crippen molar-refractivity contribution in [2.24, 2.45) is 16.3 Å². The predicted molar refractivity (Wildman–Crippen MR) is 117 cm³/mol. The van der Waals surface area contributed by atoms with Gasteiger partial charge in [0.2, 0.25) is 0 Å². The van der Waals surface area contributed by atoms with E-state index in [2.05, 4.69) is 49.7 Å². The second-order valence-electron chi connectivity index (χ2n) is 7.22. The van der Waals surface area contributed by atoms with Gasteiger partial charge in [0.15, 0.2) is 5.96 Å². The van der Waals surface area contributed by atoms with Crippen LogP contribution in [-0.4, -0.2) is 61.3 Å². The van der Waals surface area contributed by atoms with Crippen molar-refractivity contribution in [3.63, 3.8) is 0 Å². The second kappa shape index (κ2) is 11.1. The maximum atomic E-state index is 5.54. The summed E-state index contributed by atoms with van der Waals surface area (Å²) >= 11 is 2.12. The molecule has 2 rings (SSSR count). The highest BCUT2D eigenvalue weighted by Gasteiger charge is 2.42. The summed E-state index contributed by atoms with van der Waals surface area (Å²) in [5.74, 6) is 3.07. The Labute approximate surface area is 170 Å². The number of hydrogen-bond acceptors (Lipinski definition) is 3. The van der Waals surface area contributed by atoms with Gasteiger partial charge in [-0.3, -0.25) is 4.99 Å². The first kappa shape index (κ1) is 22.4. The highest BCUT2D eigenvalue weighted by molar-refractivity contribution is 14.0. The highest BCUT2D eigenvalue weighted by Crippen LogP contribution is 2.49. The van der Waals surface area contributed by atoms with Crippen LogP contribution in [0.3, 0.4) is 0 Å². The van der Waals surface area contributed by atoms with Crippen molar-refractivity contribution >= 4 is 41.7 Å². The summed E-state index contributed by atoms with van der Waals surface area (Å²) in [6, 6.07) is 0. The SMILES string of the molecule is CCNC(=NCC1(CCOCC)CC1)N1CCSC(C(C)C)C1.I. The van der Waals surface area contributed by atoms with Crippen LogP contribution in [0.5, 0.6) is 0 Å². The Hall–Kier alpha value is 0.310. The minimum Gasteiger partial charge on any atom is -0.382 e. The summed E-state index contributed by atoms with van der Waals surface area (Å²) in [6.45, 7) is 14.8. The molecule has 0 radical (unpaired) electrons. The Morgan fingerprint density at radius 3 is 2.71 bits per heavy atom. The lowest BCUT2D eigenvalue weighted by atomic mass is 10.0. The number of halogens is 1. The molecule has 0 aromatic rings. The van der Waals surface area contributed by atoms with Gasteiger partial charge in [-0.05, 0) is 44.4 Å². The van der Waals surface area contributed by atoms with Gasteiger partial charge in [0.25, 0.3) is 0 Å². The molecule has 0 amide bonds. The Kier molecular flexibility index (Phi) is 10.4. The predicted octanol–water partition coefficient (Wildman–Crippen LogP) is 3.85. The zero-order valence-corrected chi connectivity index (χ0v) is 19.0. The molecule has 6 heteroatoms. The van der Waals surface area contributed by atoms with Crippen LogP contribution in [0.15, 0.2) is 4.99 Å². The first-order valence-corrected chi connectivity index (χ1v) is 10.4. The molecule has 0 spiro atoms. The largest absolute Gasteiger partial charge is 0.382 e. The third-order valence-electron chi connectivity index (χ3n) is 4.97. The zero-order chi connectivity index (χ0) is 16.7. The number of guanidine groups is 1. The van der Waals surface area contributed by atoms with Crippen LogP contribution >= 0.6 is 35.7 Å². The summed E-state index contributed by atoms with van der Waals surface area (Å²) in [6.07, 6.45) is 3.79. The molecule has 0 aromatic carbocycles. The number of aliphatic imine (C=N–C) groups is 1. The van der Waals surface area contributed by atoms with Crippen molar-refractivity contribution in [1.29, 1.82) is 0 Å². The van der Waals surface area contributed by atoms with Gasteiger partial charge in [0.05, 0.1) is 0 Å². The third kappa shape index (κ3) is 6.90. The normalized spacial score (nSPS) is 23.1. The number of thioether (sulfide) groups is 1. The molecular formula is C18H36IN3OS. The van der Waals surface area contributed by atoms with Crippen molar-refractivity contribution < 1.29 is 4.74 Å². The second-order valence-corrected chi connectivity index (χ2v) is 8.56. The first-order valence-electron chi connectivity index (χ1n) is 9.33. The standard InChI is InChI=1S/C18H35N3OS.HI/c1-5-19-17(21-10-12-23-16(13-21)15(3)4)20-14-18(7-8-18)9-11-22-6-2;/h15-16H,5-14H2,1-4H3,(H,19,20);1H. The summed E-state index contributed by atoms with van der Waals surface area (Å²) in [5, 5.41) is 4.24. The Bertz CT molecular complexity index is 388. The molecule has 24 heavy (non-hydrogen) atoms. The molecule has 1 N–H and O–H groups in total. The molecule has 0 bridgehead atoms. The first-order chi connectivity index (χ1) is 11.1. The molecular weight excluding hydrogens is 433 g/mol. The number of hydrogen-bond donors (Lipinski definition) is 1. The van der Waals surface area contributed by atoms with E-state index in [9.17, 15) is 0 Å². The van der Waals surface area contributed by atoms with Gasteiger partial charge >= 0.3 is 0 Å². The van der Waals surface area contributed by atoms with Gasteiger partial charge in [0.1, 0.15) is 0 Å². The maximum Gasteiger partial charge on any atom is 0.193 e. The van der Waals surface area contributed by atoms with E-state index in [0.717, 1.165) is 62.9 Å². The fourth-order valence-electron chi connectivity index (χ4n) is 3.04. The van der Waals surface area contributed by atoms with Gasteiger partial charge in [-0.25, -0.2) is 0 Å². The van der Waals surface area contributed by atoms with Crippen molar-refractivity contribution in [1.82, 2.24) is 10.2 Å². The lowest BCUT2D eigenvalue weighted by Crippen LogP contribution is -2.49. The highest BCUT2D eigenvalue weighted by atomic mass is 127. The van der Waals surface area contributed by atoms with Gasteiger partial charge in [-0.1, -0.05) is 13.8 Å². The van der Waals surface area contributed by atoms with Crippen LogP contribution in [0.25, 0.3) is 0 Å². The summed E-state index contributed by atoms with van der Waals surface area (Å²) in [5.41, 5.74) is 0.428. The average Bonchev–Trinajstić information content (AvgIpc) is 3.32. The zero-order valence-electron chi connectivity index (χ0n) is 15.8. The molecule has 2 fully saturated rings. The third-order valence-corrected chi connectivity index (χ3v) is 6.51. The summed E-state index contributed by atoms with van der Waals surface area (Å²) in [4.78, 5) is 7.49. The molecule has 1 aliphatic carbocycles. The van der Waals surface area contributed by atoms with Crippen molar-refractivity contribution in [2.75, 3.05) is 45.1 Å². The Morgan fingerprint density at radius 2 is 2.12 bits per heavy atom. The Balaban J connectivity index is 0.00000288. The molecule has 4 nitrogen and oxygen atoms in total. The van der Waals surface area contributed by atoms with E-state index < -0.39 is 0 Å². The topological polar surface area (TPSA) is 36.9 Å². The van der Waals surface area contributed by atoms with Gasteiger partial charge in [-0.15, -0.1) is 24.0 Å². The monoisotopic (exact) mass is 469 g/mol. The Morgan fingerprint density at radius 1 is 1.38 bits per heavy atom. The average molecular weight is 469 g/mol. The summed E-state index contributed by atoms with van der Waals surface area (Å²) < 4.78 is 5.54. The number of ether oxygens (including phenoxy) is 1. The van der Waals surface area contributed by atoms with Crippen LogP contribution in [0.1, 0.15) is 47.0 Å². The van der Waals surface area contributed by atoms with E-state index in [1.165, 1.54) is 18.6 Å². The lowest BCUT2D eigenvalue weighted by molar-refractivity contribution is 0.129. The molecule has 1 atom stereocenters. The smallest absolute Gasteiger partial charge is 0.193 e. The number of nitrogens with zero attached hydrogens (tertiary/aromatic N) is 2. The van der Waals surface area contributed by atoms with E-state index in [0.29, 0.717) is 5.41 Å². The molecule has 1 saturated heterocycles. The van der Waals surface area contributed by atoms with Crippen molar-refractivity contribution in [3.05, 3.63) is 0 Å². The maximum absolute atomic E-state index is 5.54. The molecule has 142 valence electrons. The molecule has 2 aliphatic rings. The molecule has 1 aliphatic heterocycles. The van der Waals surface area contributed by atoms with Gasteiger partial charge < -0.3 is 15.0 Å². The van der Waals surface area contributed by atoms with Crippen LogP contribution in [0, 0.1) is 11.3 Å². The van der Waals surface area contributed by atoms with Gasteiger partial charge in [0, 0.05) is 50.4 Å². The molecule has 1 saturated carbocycles. The van der Waals surface area contributed by atoms with E-state index in [-0.39, 0.29) is 24.0 Å². The fourth-order valence-corrected chi connectivity index (χ4v) is 4.34. The van der Waals surface area contributed by atoms with Crippen LogP contribution in [-0.2, 0) is 4.74 Å². The number of rotatable bonds is 8. The van der Waals surface area contributed by atoms with E-state index in [1.54, 1.807) is 0 Å². The fraction of sp³-hybridized carbons (Fsp3) is 0.944. The van der Waals surface area contributed by atoms with Crippen LogP contribution in [0.4, 0.5) is 0 Å². The van der Waals surface area contributed by atoms with Crippen molar-refractivity contribution in [2.45, 2.75) is 52.2 Å². The summed E-state index contributed by atoms with van der Waals surface area (Å²) in [7, 11) is 0. The van der Waals surface area contributed by atoms with E-state index >= 15 is 0 Å². The van der Waals surface area contributed by atoms with E-state index in [4.69, 9.17) is 9.73 Å². The van der Waals surface area contributed by atoms with Crippen molar-refractivity contribution in [3.8, 4) is 0 Å². The quantitative estimate of drug-likeness (QED) is 0.254.